The lowest BCUT2D eigenvalue weighted by molar-refractivity contribution is 0.449. The van der Waals surface area contributed by atoms with E-state index in [9.17, 15) is 0 Å². The van der Waals surface area contributed by atoms with Crippen LogP contribution in [0.1, 0.15) is 27.1 Å². The van der Waals surface area contributed by atoms with Crippen LogP contribution in [-0.4, -0.2) is 7.05 Å². The van der Waals surface area contributed by atoms with E-state index < -0.39 is 0 Å². The molecule has 0 spiro atoms. The summed E-state index contributed by atoms with van der Waals surface area (Å²) >= 11 is 5.15. The molecular formula is C12H14BrNOS. The van der Waals surface area contributed by atoms with Crippen LogP contribution in [-0.2, 0) is 0 Å². The second kappa shape index (κ2) is 4.73. The monoisotopic (exact) mass is 299 g/mol. The molecule has 0 aliphatic heterocycles. The van der Waals surface area contributed by atoms with Crippen LogP contribution < -0.4 is 5.32 Å². The maximum Gasteiger partial charge on any atom is 0.169 e. The predicted molar refractivity (Wildman–Crippen MR) is 71.1 cm³/mol. The summed E-state index contributed by atoms with van der Waals surface area (Å²) in [6.07, 6.45) is 0. The summed E-state index contributed by atoms with van der Waals surface area (Å²) in [6, 6.07) is 6.28. The summed E-state index contributed by atoms with van der Waals surface area (Å²) in [5, 5.41) is 3.30. The van der Waals surface area contributed by atoms with Crippen LogP contribution in [0.2, 0.25) is 0 Å². The molecule has 0 aliphatic rings. The minimum absolute atomic E-state index is 0.144. The summed E-state index contributed by atoms with van der Waals surface area (Å²) in [5.74, 6) is 0.944. The first kappa shape index (κ1) is 11.9. The molecule has 0 saturated heterocycles. The van der Waals surface area contributed by atoms with Crippen molar-refractivity contribution >= 4 is 27.3 Å². The third kappa shape index (κ3) is 2.24. The molecule has 1 unspecified atom stereocenters. The Morgan fingerprint density at radius 1 is 1.38 bits per heavy atom. The first-order valence-corrected chi connectivity index (χ1v) is 6.72. The van der Waals surface area contributed by atoms with Gasteiger partial charge in [0.05, 0.1) is 0 Å². The lowest BCUT2D eigenvalue weighted by Gasteiger charge is -2.12. The normalized spacial score (nSPS) is 13.0. The van der Waals surface area contributed by atoms with E-state index >= 15 is 0 Å². The molecule has 0 aliphatic carbocycles. The number of hydrogen-bond acceptors (Lipinski definition) is 3. The molecule has 0 fully saturated rings. The van der Waals surface area contributed by atoms with Gasteiger partial charge in [-0.05, 0) is 60.6 Å². The number of halogens is 1. The topological polar surface area (TPSA) is 25.2 Å². The van der Waals surface area contributed by atoms with E-state index in [1.54, 1.807) is 0 Å². The number of aryl methyl sites for hydroxylation is 2. The van der Waals surface area contributed by atoms with Crippen LogP contribution in [0.4, 0.5) is 0 Å². The lowest BCUT2D eigenvalue weighted by atomic mass is 10.1. The fraction of sp³-hybridized carbons (Fsp3) is 0.333. The Balaban J connectivity index is 2.40. The molecular weight excluding hydrogens is 286 g/mol. The van der Waals surface area contributed by atoms with Gasteiger partial charge in [-0.15, -0.1) is 11.3 Å². The van der Waals surface area contributed by atoms with Gasteiger partial charge in [-0.25, -0.2) is 0 Å². The van der Waals surface area contributed by atoms with Gasteiger partial charge in [0.25, 0.3) is 0 Å². The zero-order valence-corrected chi connectivity index (χ0v) is 11.9. The highest BCUT2D eigenvalue weighted by Gasteiger charge is 2.19. The summed E-state index contributed by atoms with van der Waals surface area (Å²) in [7, 11) is 1.95. The van der Waals surface area contributed by atoms with E-state index in [-0.39, 0.29) is 6.04 Å². The second-order valence-corrected chi connectivity index (χ2v) is 5.84. The second-order valence-electron chi connectivity index (χ2n) is 3.77. The Labute approximate surface area is 108 Å². The zero-order chi connectivity index (χ0) is 11.7. The third-order valence-electron chi connectivity index (χ3n) is 2.51. The van der Waals surface area contributed by atoms with Gasteiger partial charge >= 0.3 is 0 Å². The Hall–Kier alpha value is -0.580. The Morgan fingerprint density at radius 3 is 2.56 bits per heavy atom. The van der Waals surface area contributed by atoms with E-state index in [2.05, 4.69) is 41.2 Å². The van der Waals surface area contributed by atoms with Crippen molar-refractivity contribution in [2.75, 3.05) is 7.05 Å². The summed E-state index contributed by atoms with van der Waals surface area (Å²) < 4.78 is 6.39. The number of hydrogen-bond donors (Lipinski definition) is 1. The molecule has 0 radical (unpaired) electrons. The van der Waals surface area contributed by atoms with Gasteiger partial charge < -0.3 is 9.73 Å². The maximum atomic E-state index is 5.62. The lowest BCUT2D eigenvalue weighted by Crippen LogP contribution is -2.16. The summed E-state index contributed by atoms with van der Waals surface area (Å²) in [5.41, 5.74) is 1.31. The van der Waals surface area contributed by atoms with Crippen molar-refractivity contribution < 1.29 is 4.42 Å². The van der Waals surface area contributed by atoms with Crippen LogP contribution in [0, 0.1) is 13.8 Å². The van der Waals surface area contributed by atoms with E-state index in [1.807, 2.05) is 30.5 Å². The van der Waals surface area contributed by atoms with Crippen molar-refractivity contribution in [3.05, 3.63) is 43.9 Å². The van der Waals surface area contributed by atoms with Gasteiger partial charge in [0.2, 0.25) is 0 Å². The molecule has 86 valence electrons. The molecule has 1 atom stereocenters. The van der Waals surface area contributed by atoms with Crippen molar-refractivity contribution in [3.8, 4) is 0 Å². The summed E-state index contributed by atoms with van der Waals surface area (Å²) in [6.45, 7) is 4.27. The van der Waals surface area contributed by atoms with E-state index in [1.165, 1.54) is 15.3 Å². The fourth-order valence-corrected chi connectivity index (χ4v) is 3.31. The average Bonchev–Trinajstić information content (AvgIpc) is 2.76. The van der Waals surface area contributed by atoms with Crippen LogP contribution in [0.5, 0.6) is 0 Å². The highest BCUT2D eigenvalue weighted by Crippen LogP contribution is 2.33. The van der Waals surface area contributed by atoms with Crippen LogP contribution in [0.15, 0.2) is 27.3 Å². The molecule has 2 aromatic heterocycles. The van der Waals surface area contributed by atoms with Gasteiger partial charge in [0.15, 0.2) is 4.67 Å². The van der Waals surface area contributed by atoms with Crippen molar-refractivity contribution in [2.45, 2.75) is 19.9 Å². The first-order valence-electron chi connectivity index (χ1n) is 5.11. The molecule has 0 amide bonds. The molecule has 1 N–H and O–H groups in total. The Kier molecular flexibility index (Phi) is 3.52. The number of thiophene rings is 1. The molecule has 16 heavy (non-hydrogen) atoms. The van der Waals surface area contributed by atoms with Crippen molar-refractivity contribution in [2.24, 2.45) is 0 Å². The summed E-state index contributed by atoms with van der Waals surface area (Å²) in [4.78, 5) is 2.65. The van der Waals surface area contributed by atoms with E-state index in [0.717, 1.165) is 10.4 Å². The van der Waals surface area contributed by atoms with Crippen LogP contribution in [0.3, 0.4) is 0 Å². The van der Waals surface area contributed by atoms with Crippen LogP contribution >= 0.6 is 27.3 Å². The van der Waals surface area contributed by atoms with Gasteiger partial charge in [-0.3, -0.25) is 0 Å². The van der Waals surface area contributed by atoms with Gasteiger partial charge in [-0.1, -0.05) is 0 Å². The smallest absolute Gasteiger partial charge is 0.169 e. The van der Waals surface area contributed by atoms with E-state index in [4.69, 9.17) is 4.42 Å². The van der Waals surface area contributed by atoms with Crippen molar-refractivity contribution in [3.63, 3.8) is 0 Å². The van der Waals surface area contributed by atoms with Gasteiger partial charge in [0, 0.05) is 9.75 Å². The molecule has 4 heteroatoms. The molecule has 2 nitrogen and oxygen atoms in total. The maximum absolute atomic E-state index is 5.62. The zero-order valence-electron chi connectivity index (χ0n) is 9.50. The molecule has 2 heterocycles. The quantitative estimate of drug-likeness (QED) is 0.926. The van der Waals surface area contributed by atoms with Crippen molar-refractivity contribution in [1.29, 1.82) is 0 Å². The van der Waals surface area contributed by atoms with Gasteiger partial charge in [-0.2, -0.15) is 0 Å². The molecule has 0 bridgehead atoms. The highest BCUT2D eigenvalue weighted by atomic mass is 79.9. The first-order chi connectivity index (χ1) is 7.61. The number of rotatable bonds is 3. The average molecular weight is 300 g/mol. The fourth-order valence-electron chi connectivity index (χ4n) is 1.83. The third-order valence-corrected chi connectivity index (χ3v) is 4.15. The Morgan fingerprint density at radius 2 is 2.12 bits per heavy atom. The van der Waals surface area contributed by atoms with Gasteiger partial charge in [0.1, 0.15) is 11.8 Å². The van der Waals surface area contributed by atoms with Crippen molar-refractivity contribution in [1.82, 2.24) is 5.32 Å². The minimum atomic E-state index is 0.144. The molecule has 0 aromatic carbocycles. The number of furan rings is 1. The molecule has 0 saturated carbocycles. The number of nitrogens with one attached hydrogen (secondary N) is 1. The standard InChI is InChI=1S/C12H14BrNOS/c1-7-6-8(2)16-12(7)11(14-3)9-4-5-10(13)15-9/h4-6,11,14H,1-3H3. The minimum Gasteiger partial charge on any atom is -0.452 e. The SMILES string of the molecule is CNC(c1ccc(Br)o1)c1sc(C)cc1C. The van der Waals surface area contributed by atoms with E-state index in [0.29, 0.717) is 0 Å². The van der Waals surface area contributed by atoms with Crippen LogP contribution in [0.25, 0.3) is 0 Å². The molecule has 2 aromatic rings. The Bertz CT molecular complexity index is 489. The predicted octanol–water partition coefficient (Wildman–Crippen LogP) is 4.03. The largest absolute Gasteiger partial charge is 0.452 e. The highest BCUT2D eigenvalue weighted by molar-refractivity contribution is 9.10. The molecule has 2 rings (SSSR count).